The highest BCUT2D eigenvalue weighted by Crippen LogP contribution is 2.37. The zero-order valence-electron chi connectivity index (χ0n) is 9.62. The molecule has 82 valence electrons. The molecule has 2 heteroatoms. The van der Waals surface area contributed by atoms with Gasteiger partial charge in [-0.15, -0.1) is 5.92 Å². The predicted octanol–water partition coefficient (Wildman–Crippen LogP) is 1.84. The highest BCUT2D eigenvalue weighted by molar-refractivity contribution is 5.83. The fraction of sp³-hybridized carbons (Fsp3) is 0.769. The summed E-state index contributed by atoms with van der Waals surface area (Å²) in [6, 6.07) is 1.32. The van der Waals surface area contributed by atoms with E-state index in [9.17, 15) is 4.79 Å². The van der Waals surface area contributed by atoms with Gasteiger partial charge in [0.15, 0.2) is 0 Å². The molecule has 15 heavy (non-hydrogen) atoms. The van der Waals surface area contributed by atoms with Crippen LogP contribution in [0.25, 0.3) is 0 Å². The van der Waals surface area contributed by atoms with E-state index < -0.39 is 0 Å². The van der Waals surface area contributed by atoms with Gasteiger partial charge in [0, 0.05) is 18.0 Å². The summed E-state index contributed by atoms with van der Waals surface area (Å²) in [5, 5.41) is 0. The van der Waals surface area contributed by atoms with Crippen LogP contribution in [0.5, 0.6) is 0 Å². The molecule has 0 aromatic heterocycles. The molecule has 2 aliphatic heterocycles. The minimum Gasteiger partial charge on any atom is -0.300 e. The van der Waals surface area contributed by atoms with E-state index in [0.717, 1.165) is 12.8 Å². The topological polar surface area (TPSA) is 20.3 Å². The molecular weight excluding hydrogens is 186 g/mol. The Morgan fingerprint density at radius 2 is 1.93 bits per heavy atom. The molecule has 2 bridgehead atoms. The molecule has 2 fully saturated rings. The fourth-order valence-corrected chi connectivity index (χ4v) is 2.99. The van der Waals surface area contributed by atoms with Crippen molar-refractivity contribution in [2.45, 2.75) is 51.1 Å². The number of carbonyl (C=O) groups is 1. The van der Waals surface area contributed by atoms with Crippen molar-refractivity contribution in [2.75, 3.05) is 7.05 Å². The quantitative estimate of drug-likeness (QED) is 0.641. The molecule has 0 saturated carbocycles. The van der Waals surface area contributed by atoms with Crippen LogP contribution in [0.4, 0.5) is 0 Å². The van der Waals surface area contributed by atoms with Crippen LogP contribution in [0.3, 0.4) is 0 Å². The maximum Gasteiger partial charge on any atom is 0.147 e. The number of hydrogen-bond donors (Lipinski definition) is 0. The normalized spacial score (nSPS) is 34.7. The van der Waals surface area contributed by atoms with Crippen molar-refractivity contribution in [1.82, 2.24) is 4.90 Å². The Morgan fingerprint density at radius 1 is 1.33 bits per heavy atom. The van der Waals surface area contributed by atoms with E-state index in [4.69, 9.17) is 0 Å². The van der Waals surface area contributed by atoms with Gasteiger partial charge in [-0.1, -0.05) is 5.92 Å². The third-order valence-electron chi connectivity index (χ3n) is 3.99. The smallest absolute Gasteiger partial charge is 0.147 e. The van der Waals surface area contributed by atoms with Gasteiger partial charge in [-0.05, 0) is 39.7 Å². The molecule has 0 aromatic rings. The number of ketones is 1. The van der Waals surface area contributed by atoms with Gasteiger partial charge in [0.25, 0.3) is 0 Å². The van der Waals surface area contributed by atoms with E-state index in [-0.39, 0.29) is 0 Å². The van der Waals surface area contributed by atoms with Crippen LogP contribution in [0.2, 0.25) is 0 Å². The lowest BCUT2D eigenvalue weighted by Gasteiger charge is -2.35. The monoisotopic (exact) mass is 205 g/mol. The molecule has 2 aliphatic rings. The third kappa shape index (κ3) is 2.08. The standard InChI is InChI=1S/C13H19NO/c1-3-4-5-13(15)10-8-11-6-7-12(9-10)14(11)2/h10-12H,5-9H2,1-2H3. The minimum atomic E-state index is 0.291. The lowest BCUT2D eigenvalue weighted by molar-refractivity contribution is -0.124. The van der Waals surface area contributed by atoms with Crippen LogP contribution in [-0.2, 0) is 4.79 Å². The summed E-state index contributed by atoms with van der Waals surface area (Å²) in [7, 11) is 2.20. The maximum atomic E-state index is 11.9. The molecule has 2 saturated heterocycles. The van der Waals surface area contributed by atoms with Gasteiger partial charge < -0.3 is 4.90 Å². The van der Waals surface area contributed by atoms with Gasteiger partial charge in [0.2, 0.25) is 0 Å². The second kappa shape index (κ2) is 4.37. The van der Waals surface area contributed by atoms with Crippen molar-refractivity contribution in [3.05, 3.63) is 0 Å². The predicted molar refractivity (Wildman–Crippen MR) is 60.4 cm³/mol. The number of carbonyl (C=O) groups excluding carboxylic acids is 1. The van der Waals surface area contributed by atoms with E-state index in [1.807, 2.05) is 0 Å². The second-order valence-electron chi connectivity index (χ2n) is 4.79. The third-order valence-corrected chi connectivity index (χ3v) is 3.99. The summed E-state index contributed by atoms with van der Waals surface area (Å²) in [5.74, 6) is 6.36. The Labute approximate surface area is 92.0 Å². The molecule has 2 unspecified atom stereocenters. The Bertz CT molecular complexity index is 298. The Morgan fingerprint density at radius 3 is 2.47 bits per heavy atom. The first-order valence-corrected chi connectivity index (χ1v) is 5.86. The van der Waals surface area contributed by atoms with Crippen molar-refractivity contribution in [1.29, 1.82) is 0 Å². The van der Waals surface area contributed by atoms with Gasteiger partial charge in [-0.3, -0.25) is 4.79 Å². The van der Waals surface area contributed by atoms with E-state index in [1.165, 1.54) is 12.8 Å². The van der Waals surface area contributed by atoms with Crippen LogP contribution in [-0.4, -0.2) is 29.8 Å². The van der Waals surface area contributed by atoms with Gasteiger partial charge >= 0.3 is 0 Å². The fourth-order valence-electron chi connectivity index (χ4n) is 2.99. The van der Waals surface area contributed by atoms with Crippen molar-refractivity contribution in [2.24, 2.45) is 5.92 Å². The molecule has 0 aliphatic carbocycles. The SMILES string of the molecule is CC#CCC(=O)C1CC2CCC(C1)N2C. The summed E-state index contributed by atoms with van der Waals surface area (Å²) < 4.78 is 0. The summed E-state index contributed by atoms with van der Waals surface area (Å²) in [4.78, 5) is 14.3. The van der Waals surface area contributed by atoms with E-state index >= 15 is 0 Å². The van der Waals surface area contributed by atoms with Crippen molar-refractivity contribution in [3.63, 3.8) is 0 Å². The number of piperidine rings is 1. The zero-order chi connectivity index (χ0) is 10.8. The molecule has 0 N–H and O–H groups in total. The van der Waals surface area contributed by atoms with Crippen LogP contribution >= 0.6 is 0 Å². The Kier molecular flexibility index (Phi) is 3.11. The molecule has 0 amide bonds. The molecule has 0 radical (unpaired) electrons. The number of nitrogens with zero attached hydrogens (tertiary/aromatic N) is 1. The average Bonchev–Trinajstić information content (AvgIpc) is 2.49. The van der Waals surface area contributed by atoms with E-state index in [1.54, 1.807) is 6.92 Å². The van der Waals surface area contributed by atoms with Gasteiger partial charge in [0.05, 0.1) is 6.42 Å². The average molecular weight is 205 g/mol. The number of hydrogen-bond acceptors (Lipinski definition) is 2. The maximum absolute atomic E-state index is 11.9. The van der Waals surface area contributed by atoms with Crippen LogP contribution in [0.15, 0.2) is 0 Å². The summed E-state index contributed by atoms with van der Waals surface area (Å²) >= 11 is 0. The number of Topliss-reactive ketones (excluding diaryl/α,β-unsaturated/α-hetero) is 1. The number of rotatable bonds is 2. The highest BCUT2D eigenvalue weighted by atomic mass is 16.1. The summed E-state index contributed by atoms with van der Waals surface area (Å²) in [6.45, 7) is 1.80. The van der Waals surface area contributed by atoms with Crippen LogP contribution in [0, 0.1) is 17.8 Å². The van der Waals surface area contributed by atoms with Crippen molar-refractivity contribution >= 4 is 5.78 Å². The zero-order valence-corrected chi connectivity index (χ0v) is 9.62. The highest BCUT2D eigenvalue weighted by Gasteiger charge is 2.40. The minimum absolute atomic E-state index is 0.291. The van der Waals surface area contributed by atoms with Gasteiger partial charge in [0.1, 0.15) is 5.78 Å². The largest absolute Gasteiger partial charge is 0.300 e. The first-order chi connectivity index (χ1) is 7.22. The molecular formula is C13H19NO. The van der Waals surface area contributed by atoms with Crippen LogP contribution < -0.4 is 0 Å². The summed E-state index contributed by atoms with van der Waals surface area (Å²) in [5.41, 5.74) is 0. The lowest BCUT2D eigenvalue weighted by Crippen LogP contribution is -2.41. The molecule has 2 atom stereocenters. The number of fused-ring (bicyclic) bond motifs is 2. The molecule has 2 heterocycles. The Hall–Kier alpha value is -0.810. The lowest BCUT2D eigenvalue weighted by atomic mass is 9.86. The molecule has 0 aromatic carbocycles. The van der Waals surface area contributed by atoms with Crippen LogP contribution in [0.1, 0.15) is 39.0 Å². The summed E-state index contributed by atoms with van der Waals surface area (Å²) in [6.07, 6.45) is 5.16. The van der Waals surface area contributed by atoms with E-state index in [2.05, 4.69) is 23.8 Å². The first kappa shape index (κ1) is 10.7. The van der Waals surface area contributed by atoms with Crippen molar-refractivity contribution in [3.8, 4) is 11.8 Å². The molecule has 2 nitrogen and oxygen atoms in total. The molecule has 2 rings (SSSR count). The van der Waals surface area contributed by atoms with E-state index in [0.29, 0.717) is 30.2 Å². The van der Waals surface area contributed by atoms with Gasteiger partial charge in [-0.2, -0.15) is 0 Å². The molecule has 0 spiro atoms. The first-order valence-electron chi connectivity index (χ1n) is 5.86. The second-order valence-corrected chi connectivity index (χ2v) is 4.79. The van der Waals surface area contributed by atoms with Gasteiger partial charge in [-0.25, -0.2) is 0 Å². The Balaban J connectivity index is 1.95. The van der Waals surface area contributed by atoms with Crippen molar-refractivity contribution < 1.29 is 4.79 Å².